The molecular formula is C63H124N2O7P+. The van der Waals surface area contributed by atoms with E-state index in [2.05, 4.69) is 38.2 Å². The Balaban J connectivity index is 5.17. The number of amides is 1. The molecule has 73 heavy (non-hydrogen) atoms. The normalized spacial score (nSPS) is 13.8. The third kappa shape index (κ3) is 55.1. The number of rotatable bonds is 58. The highest BCUT2D eigenvalue weighted by Crippen LogP contribution is 2.43. The van der Waals surface area contributed by atoms with Crippen LogP contribution < -0.4 is 5.32 Å². The summed E-state index contributed by atoms with van der Waals surface area (Å²) in [5.41, 5.74) is 0. The highest BCUT2D eigenvalue weighted by molar-refractivity contribution is 7.47. The topological polar surface area (TPSA) is 111 Å². The summed E-state index contributed by atoms with van der Waals surface area (Å²) in [6.45, 7) is 7.04. The second-order valence-electron chi connectivity index (χ2n) is 22.9. The fourth-order valence-electron chi connectivity index (χ4n) is 9.47. The second kappa shape index (κ2) is 53.9. The molecule has 0 aromatic heterocycles. The van der Waals surface area contributed by atoms with Crippen LogP contribution in [0.15, 0.2) is 24.3 Å². The molecular weight excluding hydrogens is 928 g/mol. The van der Waals surface area contributed by atoms with Crippen molar-refractivity contribution in [2.45, 2.75) is 328 Å². The molecule has 0 radical (unpaired) electrons. The van der Waals surface area contributed by atoms with E-state index in [0.717, 1.165) is 70.6 Å². The zero-order chi connectivity index (χ0) is 53.6. The van der Waals surface area contributed by atoms with Gasteiger partial charge in [0.05, 0.1) is 33.8 Å². The minimum absolute atomic E-state index is 0.0416. The molecule has 0 aromatic rings. The van der Waals surface area contributed by atoms with Crippen molar-refractivity contribution in [2.75, 3.05) is 40.9 Å². The van der Waals surface area contributed by atoms with E-state index in [1.54, 1.807) is 0 Å². The Morgan fingerprint density at radius 2 is 0.795 bits per heavy atom. The molecule has 432 valence electrons. The summed E-state index contributed by atoms with van der Waals surface area (Å²) in [5.74, 6) is -0.507. The van der Waals surface area contributed by atoms with Gasteiger partial charge in [-0.15, -0.1) is 0 Å². The van der Waals surface area contributed by atoms with E-state index in [1.165, 1.54) is 212 Å². The average Bonchev–Trinajstić information content (AvgIpc) is 3.35. The van der Waals surface area contributed by atoms with Crippen LogP contribution in [0.4, 0.5) is 0 Å². The van der Waals surface area contributed by atoms with Crippen LogP contribution >= 0.6 is 7.82 Å². The van der Waals surface area contributed by atoms with Crippen LogP contribution in [0, 0.1) is 0 Å². The molecule has 0 aliphatic rings. The van der Waals surface area contributed by atoms with Crippen molar-refractivity contribution in [1.82, 2.24) is 5.32 Å². The Labute approximate surface area is 454 Å². The molecule has 3 unspecified atom stereocenters. The molecule has 10 heteroatoms. The van der Waals surface area contributed by atoms with Crippen molar-refractivity contribution >= 4 is 19.7 Å². The van der Waals surface area contributed by atoms with Gasteiger partial charge in [0.25, 0.3) is 0 Å². The molecule has 0 aliphatic carbocycles. The van der Waals surface area contributed by atoms with Crippen LogP contribution in [-0.2, 0) is 27.9 Å². The summed E-state index contributed by atoms with van der Waals surface area (Å²) in [5, 5.41) is 3.06. The Hall–Kier alpha value is -1.51. The Morgan fingerprint density at radius 1 is 0.466 bits per heavy atom. The summed E-state index contributed by atoms with van der Waals surface area (Å²) >= 11 is 0. The van der Waals surface area contributed by atoms with E-state index in [4.69, 9.17) is 13.8 Å². The Kier molecular flexibility index (Phi) is 52.8. The number of phosphoric ester groups is 1. The highest BCUT2D eigenvalue weighted by atomic mass is 31.2. The van der Waals surface area contributed by atoms with Gasteiger partial charge in [-0.2, -0.15) is 0 Å². The van der Waals surface area contributed by atoms with Crippen molar-refractivity contribution in [3.8, 4) is 0 Å². The predicted molar refractivity (Wildman–Crippen MR) is 314 cm³/mol. The third-order valence-electron chi connectivity index (χ3n) is 14.4. The number of esters is 1. The number of hydrogen-bond donors (Lipinski definition) is 2. The number of quaternary nitrogens is 1. The first-order chi connectivity index (χ1) is 35.4. The van der Waals surface area contributed by atoms with Gasteiger partial charge in [-0.1, -0.05) is 270 Å². The van der Waals surface area contributed by atoms with Crippen LogP contribution in [0.1, 0.15) is 316 Å². The number of ether oxygens (including phenoxy) is 1. The summed E-state index contributed by atoms with van der Waals surface area (Å²) in [6, 6.07) is -0.848. The highest BCUT2D eigenvalue weighted by Gasteiger charge is 2.30. The average molecular weight is 1050 g/mol. The zero-order valence-corrected chi connectivity index (χ0v) is 50.3. The fourth-order valence-corrected chi connectivity index (χ4v) is 10.2. The SMILES string of the molecule is CCCCCCCCC/C=C\CCCCCC(=O)OC(/C=C/CCCCCCCCCCCC)C(COP(=O)(O)OCC[N+](C)(C)C)NC(=O)CCCCCCCCCCCCCCCCCCCCCCC. The maximum Gasteiger partial charge on any atom is 0.472 e. The molecule has 0 spiro atoms. The van der Waals surface area contributed by atoms with E-state index in [0.29, 0.717) is 17.4 Å². The van der Waals surface area contributed by atoms with E-state index in [-0.39, 0.29) is 31.5 Å². The van der Waals surface area contributed by atoms with Crippen LogP contribution in [0.25, 0.3) is 0 Å². The molecule has 2 N–H and O–H groups in total. The second-order valence-corrected chi connectivity index (χ2v) is 24.4. The van der Waals surface area contributed by atoms with Gasteiger partial charge in [0.1, 0.15) is 19.3 Å². The van der Waals surface area contributed by atoms with Gasteiger partial charge in [-0.3, -0.25) is 18.6 Å². The van der Waals surface area contributed by atoms with Crippen LogP contribution in [0.5, 0.6) is 0 Å². The molecule has 0 saturated heterocycles. The summed E-state index contributed by atoms with van der Waals surface area (Å²) in [6.07, 6.45) is 63.2. The zero-order valence-electron chi connectivity index (χ0n) is 49.4. The lowest BCUT2D eigenvalue weighted by atomic mass is 10.0. The first kappa shape index (κ1) is 71.5. The fraction of sp³-hybridized carbons (Fsp3) is 0.905. The molecule has 0 rings (SSSR count). The first-order valence-electron chi connectivity index (χ1n) is 31.7. The predicted octanol–water partition coefficient (Wildman–Crippen LogP) is 19.3. The molecule has 0 bridgehead atoms. The molecule has 9 nitrogen and oxygen atoms in total. The number of nitrogens with zero attached hydrogens (tertiary/aromatic N) is 1. The monoisotopic (exact) mass is 1050 g/mol. The number of carbonyl (C=O) groups is 2. The van der Waals surface area contributed by atoms with Gasteiger partial charge in [0, 0.05) is 12.8 Å². The number of allylic oxidation sites excluding steroid dienone is 3. The summed E-state index contributed by atoms with van der Waals surface area (Å²) in [7, 11) is 1.50. The van der Waals surface area contributed by atoms with Crippen LogP contribution in [-0.4, -0.2) is 74.3 Å². The number of phosphoric acid groups is 1. The minimum Gasteiger partial charge on any atom is -0.456 e. The van der Waals surface area contributed by atoms with E-state index in [1.807, 2.05) is 33.3 Å². The van der Waals surface area contributed by atoms with Crippen molar-refractivity contribution in [1.29, 1.82) is 0 Å². The molecule has 3 atom stereocenters. The van der Waals surface area contributed by atoms with Crippen molar-refractivity contribution in [3.63, 3.8) is 0 Å². The lowest BCUT2D eigenvalue weighted by Crippen LogP contribution is -2.47. The quantitative estimate of drug-likeness (QED) is 0.0205. The Morgan fingerprint density at radius 3 is 1.18 bits per heavy atom. The molecule has 1 amide bonds. The lowest BCUT2D eigenvalue weighted by molar-refractivity contribution is -0.870. The smallest absolute Gasteiger partial charge is 0.456 e. The van der Waals surface area contributed by atoms with Gasteiger partial charge in [0.2, 0.25) is 5.91 Å². The van der Waals surface area contributed by atoms with E-state index < -0.39 is 20.0 Å². The van der Waals surface area contributed by atoms with Crippen molar-refractivity contribution in [3.05, 3.63) is 24.3 Å². The molecule has 0 fully saturated rings. The summed E-state index contributed by atoms with van der Waals surface area (Å²) in [4.78, 5) is 37.7. The van der Waals surface area contributed by atoms with Gasteiger partial charge in [0.15, 0.2) is 0 Å². The molecule has 0 heterocycles. The van der Waals surface area contributed by atoms with Gasteiger partial charge in [-0.05, 0) is 57.4 Å². The molecule has 0 saturated carbocycles. The van der Waals surface area contributed by atoms with E-state index >= 15 is 0 Å². The van der Waals surface area contributed by atoms with Gasteiger partial charge < -0.3 is 19.4 Å². The molecule has 0 aliphatic heterocycles. The number of likely N-dealkylation sites (N-methyl/N-ethyl adjacent to an activating group) is 1. The number of hydrogen-bond acceptors (Lipinski definition) is 6. The third-order valence-corrected chi connectivity index (χ3v) is 15.4. The van der Waals surface area contributed by atoms with Crippen molar-refractivity contribution < 1.29 is 37.3 Å². The van der Waals surface area contributed by atoms with Gasteiger partial charge >= 0.3 is 13.8 Å². The standard InChI is InChI=1S/C63H123N2O7P/c1-7-10-13-16-19-22-25-28-30-31-32-33-34-35-36-37-40-43-46-49-52-55-62(66)64-60(59-71-73(68,69)70-58-57-65(4,5)6)61(54-51-48-45-42-39-27-24-21-18-15-12-9-3)72-63(67)56-53-50-47-44-41-38-29-26-23-20-17-14-11-8-2/h38,41,51,54,60-61H,7-37,39-40,42-50,52-53,55-59H2,1-6H3,(H-,64,66,68,69)/p+1/b41-38-,54-51+. The lowest BCUT2D eigenvalue weighted by Gasteiger charge is -2.27. The van der Waals surface area contributed by atoms with Gasteiger partial charge in [-0.25, -0.2) is 4.57 Å². The largest absolute Gasteiger partial charge is 0.472 e. The maximum atomic E-state index is 13.5. The number of nitrogens with one attached hydrogen (secondary N) is 1. The van der Waals surface area contributed by atoms with E-state index in [9.17, 15) is 19.0 Å². The minimum atomic E-state index is -4.44. The summed E-state index contributed by atoms with van der Waals surface area (Å²) < 4.78 is 30.7. The maximum absolute atomic E-state index is 13.5. The van der Waals surface area contributed by atoms with Crippen molar-refractivity contribution in [2.24, 2.45) is 0 Å². The number of unbranched alkanes of at least 4 members (excludes halogenated alkanes) is 40. The Bertz CT molecular complexity index is 1300. The number of carbonyl (C=O) groups excluding carboxylic acids is 2. The van der Waals surface area contributed by atoms with Crippen LogP contribution in [0.3, 0.4) is 0 Å². The first-order valence-corrected chi connectivity index (χ1v) is 33.2. The molecule has 0 aromatic carbocycles. The van der Waals surface area contributed by atoms with Crippen LogP contribution in [0.2, 0.25) is 0 Å².